The van der Waals surface area contributed by atoms with Gasteiger partial charge in [0.15, 0.2) is 0 Å². The number of piperidine rings is 1. The summed E-state index contributed by atoms with van der Waals surface area (Å²) in [6, 6.07) is 14.1. The molecule has 0 bridgehead atoms. The van der Waals surface area contributed by atoms with Gasteiger partial charge in [0.2, 0.25) is 0 Å². The summed E-state index contributed by atoms with van der Waals surface area (Å²) in [6.07, 6.45) is 1.90. The van der Waals surface area contributed by atoms with Gasteiger partial charge in [0.05, 0.1) is 16.5 Å². The summed E-state index contributed by atoms with van der Waals surface area (Å²) in [6.45, 7) is 4.69. The highest BCUT2D eigenvalue weighted by Gasteiger charge is 2.22. The van der Waals surface area contributed by atoms with Gasteiger partial charge in [-0.1, -0.05) is 18.2 Å². The first kappa shape index (κ1) is 16.7. The zero-order chi connectivity index (χ0) is 16.9. The summed E-state index contributed by atoms with van der Waals surface area (Å²) < 4.78 is 0. The molecule has 1 fully saturated rings. The Morgan fingerprint density at radius 3 is 2.71 bits per heavy atom. The maximum atomic E-state index is 12.2. The molecule has 2 aromatic rings. The predicted molar refractivity (Wildman–Crippen MR) is 96.0 cm³/mol. The molecule has 0 atom stereocenters. The van der Waals surface area contributed by atoms with Crippen molar-refractivity contribution in [2.75, 3.05) is 13.1 Å². The maximum absolute atomic E-state index is 12.2. The number of likely N-dealkylation sites (tertiary alicyclic amines) is 1. The lowest BCUT2D eigenvalue weighted by Gasteiger charge is -2.32. The van der Waals surface area contributed by atoms with Crippen LogP contribution in [-0.2, 0) is 6.54 Å². The van der Waals surface area contributed by atoms with Crippen LogP contribution >= 0.6 is 11.3 Å². The van der Waals surface area contributed by atoms with Crippen LogP contribution in [0.25, 0.3) is 0 Å². The summed E-state index contributed by atoms with van der Waals surface area (Å²) in [5.41, 5.74) is 1.83. The molecule has 4 nitrogen and oxygen atoms in total. The first-order valence-corrected chi connectivity index (χ1v) is 9.05. The minimum absolute atomic E-state index is 0.0429. The van der Waals surface area contributed by atoms with Crippen molar-refractivity contribution in [2.45, 2.75) is 32.4 Å². The molecule has 0 aliphatic carbocycles. The van der Waals surface area contributed by atoms with E-state index in [0.717, 1.165) is 53.4 Å². The monoisotopic (exact) mass is 339 g/mol. The summed E-state index contributed by atoms with van der Waals surface area (Å²) in [7, 11) is 0. The molecule has 1 aromatic carbocycles. The smallest absolute Gasteiger partial charge is 0.261 e. The summed E-state index contributed by atoms with van der Waals surface area (Å²) in [5, 5.41) is 12.3. The zero-order valence-electron chi connectivity index (χ0n) is 13.8. The molecule has 1 aliphatic rings. The highest BCUT2D eigenvalue weighted by Crippen LogP contribution is 2.18. The van der Waals surface area contributed by atoms with Crippen molar-refractivity contribution in [3.63, 3.8) is 0 Å². The first-order valence-electron chi connectivity index (χ1n) is 8.23. The van der Waals surface area contributed by atoms with E-state index in [9.17, 15) is 10.1 Å². The van der Waals surface area contributed by atoms with E-state index >= 15 is 0 Å². The molecular weight excluding hydrogens is 318 g/mol. The number of thiophene rings is 1. The van der Waals surface area contributed by atoms with Crippen molar-refractivity contribution in [3.05, 3.63) is 57.3 Å². The van der Waals surface area contributed by atoms with Gasteiger partial charge in [-0.2, -0.15) is 5.26 Å². The van der Waals surface area contributed by atoms with E-state index in [-0.39, 0.29) is 11.9 Å². The van der Waals surface area contributed by atoms with Crippen LogP contribution in [0.15, 0.2) is 36.4 Å². The molecule has 5 heteroatoms. The highest BCUT2D eigenvalue weighted by molar-refractivity contribution is 7.13. The second-order valence-corrected chi connectivity index (χ2v) is 7.49. The molecule has 0 radical (unpaired) electrons. The Hall–Kier alpha value is -2.16. The van der Waals surface area contributed by atoms with Crippen molar-refractivity contribution in [1.82, 2.24) is 10.2 Å². The molecule has 1 saturated heterocycles. The molecular formula is C19H21N3OS. The number of aryl methyl sites for hydroxylation is 1. The number of benzene rings is 1. The van der Waals surface area contributed by atoms with Gasteiger partial charge >= 0.3 is 0 Å². The van der Waals surface area contributed by atoms with Gasteiger partial charge in [0.1, 0.15) is 0 Å². The van der Waals surface area contributed by atoms with Crippen molar-refractivity contribution in [2.24, 2.45) is 0 Å². The van der Waals surface area contributed by atoms with Gasteiger partial charge in [-0.15, -0.1) is 11.3 Å². The van der Waals surface area contributed by atoms with E-state index in [1.54, 1.807) is 0 Å². The lowest BCUT2D eigenvalue weighted by Crippen LogP contribution is -2.44. The molecule has 124 valence electrons. The topological polar surface area (TPSA) is 56.1 Å². The van der Waals surface area contributed by atoms with Crippen molar-refractivity contribution in [3.8, 4) is 6.07 Å². The van der Waals surface area contributed by atoms with E-state index in [1.165, 1.54) is 11.3 Å². The van der Waals surface area contributed by atoms with Crippen LogP contribution < -0.4 is 5.32 Å². The lowest BCUT2D eigenvalue weighted by atomic mass is 10.0. The largest absolute Gasteiger partial charge is 0.349 e. The third-order valence-corrected chi connectivity index (χ3v) is 5.42. The average Bonchev–Trinajstić information content (AvgIpc) is 3.04. The molecule has 1 amide bonds. The fourth-order valence-electron chi connectivity index (χ4n) is 3.06. The molecule has 2 heterocycles. The third-order valence-electron chi connectivity index (χ3n) is 4.42. The minimum Gasteiger partial charge on any atom is -0.349 e. The Balaban J connectivity index is 1.51. The van der Waals surface area contributed by atoms with Gasteiger partial charge < -0.3 is 5.32 Å². The van der Waals surface area contributed by atoms with Crippen LogP contribution in [-0.4, -0.2) is 29.9 Å². The van der Waals surface area contributed by atoms with Crippen LogP contribution in [0.5, 0.6) is 0 Å². The number of nitrogens with one attached hydrogen (secondary N) is 1. The normalized spacial score (nSPS) is 15.8. The Morgan fingerprint density at radius 2 is 2.04 bits per heavy atom. The van der Waals surface area contributed by atoms with E-state index in [0.29, 0.717) is 0 Å². The van der Waals surface area contributed by atoms with Gasteiger partial charge in [0, 0.05) is 30.6 Å². The number of carbonyl (C=O) groups excluding carboxylic acids is 1. The number of nitriles is 1. The lowest BCUT2D eigenvalue weighted by molar-refractivity contribution is 0.0913. The van der Waals surface area contributed by atoms with Crippen LogP contribution in [0.3, 0.4) is 0 Å². The number of nitrogens with zero attached hydrogens (tertiary/aromatic N) is 2. The molecule has 1 aromatic heterocycles. The SMILES string of the molecule is Cc1ccc(C(=O)NC2CCN(Cc3ccccc3C#N)CC2)s1. The first-order chi connectivity index (χ1) is 11.7. The summed E-state index contributed by atoms with van der Waals surface area (Å²) in [4.78, 5) is 16.5. The Labute approximate surface area is 146 Å². The van der Waals surface area contributed by atoms with E-state index in [2.05, 4.69) is 16.3 Å². The predicted octanol–water partition coefficient (Wildman–Crippen LogP) is 3.32. The fourth-order valence-corrected chi connectivity index (χ4v) is 3.83. The molecule has 1 N–H and O–H groups in total. The fraction of sp³-hybridized carbons (Fsp3) is 0.368. The second-order valence-electron chi connectivity index (χ2n) is 6.20. The minimum atomic E-state index is 0.0429. The average molecular weight is 339 g/mol. The standard InChI is InChI=1S/C19H21N3OS/c1-14-6-7-18(24-14)19(23)21-17-8-10-22(11-9-17)13-16-5-3-2-4-15(16)12-20/h2-7,17H,8-11,13H2,1H3,(H,21,23). The number of hydrogen-bond acceptors (Lipinski definition) is 4. The Bertz CT molecular complexity index is 754. The molecule has 0 saturated carbocycles. The van der Waals surface area contributed by atoms with Crippen LogP contribution in [0.2, 0.25) is 0 Å². The maximum Gasteiger partial charge on any atom is 0.261 e. The van der Waals surface area contributed by atoms with Gasteiger partial charge in [-0.05, 0) is 43.5 Å². The van der Waals surface area contributed by atoms with Crippen molar-refractivity contribution < 1.29 is 4.79 Å². The van der Waals surface area contributed by atoms with Gasteiger partial charge in [-0.25, -0.2) is 0 Å². The highest BCUT2D eigenvalue weighted by atomic mass is 32.1. The van der Waals surface area contributed by atoms with Crippen LogP contribution in [0.4, 0.5) is 0 Å². The number of rotatable bonds is 4. The van der Waals surface area contributed by atoms with Gasteiger partial charge in [0.25, 0.3) is 5.91 Å². The van der Waals surface area contributed by atoms with Crippen molar-refractivity contribution in [1.29, 1.82) is 5.26 Å². The molecule has 0 unspecified atom stereocenters. The van der Waals surface area contributed by atoms with E-state index in [1.807, 2.05) is 43.3 Å². The zero-order valence-corrected chi connectivity index (χ0v) is 14.6. The number of amides is 1. The molecule has 0 spiro atoms. The Kier molecular flexibility index (Phi) is 5.29. The van der Waals surface area contributed by atoms with E-state index < -0.39 is 0 Å². The number of carbonyl (C=O) groups is 1. The quantitative estimate of drug-likeness (QED) is 0.929. The molecule has 24 heavy (non-hydrogen) atoms. The van der Waals surface area contributed by atoms with Crippen molar-refractivity contribution >= 4 is 17.2 Å². The second kappa shape index (κ2) is 7.61. The van der Waals surface area contributed by atoms with Crippen LogP contribution in [0.1, 0.15) is 38.5 Å². The summed E-state index contributed by atoms with van der Waals surface area (Å²) in [5.74, 6) is 0.0429. The Morgan fingerprint density at radius 1 is 1.29 bits per heavy atom. The summed E-state index contributed by atoms with van der Waals surface area (Å²) >= 11 is 1.54. The molecule has 1 aliphatic heterocycles. The third kappa shape index (κ3) is 4.02. The molecule has 3 rings (SSSR count). The number of hydrogen-bond donors (Lipinski definition) is 1. The van der Waals surface area contributed by atoms with E-state index in [4.69, 9.17) is 0 Å². The van der Waals surface area contributed by atoms with Gasteiger partial charge in [-0.3, -0.25) is 9.69 Å². The van der Waals surface area contributed by atoms with Crippen LogP contribution in [0, 0.1) is 18.3 Å².